The monoisotopic (exact) mass is 369 g/mol. The van der Waals surface area contributed by atoms with Crippen molar-refractivity contribution in [2.45, 2.75) is 32.5 Å². The maximum absolute atomic E-state index is 12.8. The van der Waals surface area contributed by atoms with Crippen LogP contribution in [-0.2, 0) is 19.4 Å². The Bertz CT molecular complexity index is 868. The summed E-state index contributed by atoms with van der Waals surface area (Å²) in [5.74, 6) is 2.34. The molecule has 0 fully saturated rings. The van der Waals surface area contributed by atoms with Crippen molar-refractivity contribution in [1.29, 1.82) is 0 Å². The van der Waals surface area contributed by atoms with Crippen molar-refractivity contribution in [3.63, 3.8) is 0 Å². The smallest absolute Gasteiger partial charge is 0.342 e. The summed E-state index contributed by atoms with van der Waals surface area (Å²) in [4.78, 5) is 11.8. The van der Waals surface area contributed by atoms with E-state index in [0.717, 1.165) is 32.9 Å². The summed E-state index contributed by atoms with van der Waals surface area (Å²) < 4.78 is 39.4. The van der Waals surface area contributed by atoms with E-state index >= 15 is 0 Å². The van der Waals surface area contributed by atoms with Gasteiger partial charge in [0.2, 0.25) is 0 Å². The summed E-state index contributed by atoms with van der Waals surface area (Å²) in [5, 5.41) is 4.05. The Morgan fingerprint density at radius 3 is 2.76 bits per heavy atom. The van der Waals surface area contributed by atoms with Gasteiger partial charge in [-0.25, -0.2) is 14.6 Å². The molecule has 0 aliphatic carbocycles. The van der Waals surface area contributed by atoms with E-state index in [0.29, 0.717) is 18.1 Å². The molecule has 0 amide bonds. The molecule has 0 spiro atoms. The number of thioether (sulfide) groups is 1. The molecule has 1 aromatic carbocycles. The number of hydrogen-bond donors (Lipinski definition) is 1. The van der Waals surface area contributed by atoms with Crippen molar-refractivity contribution >= 4 is 22.8 Å². The van der Waals surface area contributed by atoms with Crippen molar-refractivity contribution in [1.82, 2.24) is 24.7 Å². The number of nitrogens with one attached hydrogen (secondary N) is 1. The predicted octanol–water partition coefficient (Wildman–Crippen LogP) is 3.52. The quantitative estimate of drug-likeness (QED) is 0.722. The van der Waals surface area contributed by atoms with E-state index < -0.39 is 12.7 Å². The maximum Gasteiger partial charge on any atom is 0.408 e. The number of benzene rings is 1. The lowest BCUT2D eigenvalue weighted by Gasteiger charge is -2.09. The third-order valence-corrected chi connectivity index (χ3v) is 4.29. The third kappa shape index (κ3) is 4.53. The van der Waals surface area contributed by atoms with Gasteiger partial charge in [-0.2, -0.15) is 30.0 Å². The SMILES string of the molecule is CSCCc1nc(Cc2ccc3nc(C)[nH]c3c2)n(CC(F)(F)F)n1. The van der Waals surface area contributed by atoms with Gasteiger partial charge in [0.05, 0.1) is 11.0 Å². The Kier molecular flexibility index (Phi) is 5.03. The first kappa shape index (κ1) is 17.8. The zero-order chi connectivity index (χ0) is 18.0. The number of H-pyrrole nitrogens is 1. The number of rotatable bonds is 6. The van der Waals surface area contributed by atoms with Crippen molar-refractivity contribution in [2.75, 3.05) is 12.0 Å². The summed E-state index contributed by atoms with van der Waals surface area (Å²) in [5.41, 5.74) is 2.56. The second kappa shape index (κ2) is 7.07. The third-order valence-electron chi connectivity index (χ3n) is 3.68. The average Bonchev–Trinajstić information content (AvgIpc) is 3.05. The number of halogens is 3. The second-order valence-corrected chi connectivity index (χ2v) is 6.80. The lowest BCUT2D eigenvalue weighted by Crippen LogP contribution is -2.20. The van der Waals surface area contributed by atoms with Crippen LogP contribution in [0.5, 0.6) is 0 Å². The zero-order valence-electron chi connectivity index (χ0n) is 13.9. The standard InChI is InChI=1S/C16H18F3N5S/c1-10-20-12-4-3-11(7-13(12)21-10)8-15-22-14(5-6-25-2)23-24(15)9-16(17,18)19/h3-4,7H,5-6,8-9H2,1-2H3,(H,20,21). The number of aromatic nitrogens is 5. The molecular weight excluding hydrogens is 351 g/mol. The number of fused-ring (bicyclic) bond motifs is 1. The number of aryl methyl sites for hydroxylation is 2. The minimum Gasteiger partial charge on any atom is -0.342 e. The predicted molar refractivity (Wildman–Crippen MR) is 91.8 cm³/mol. The first-order valence-corrected chi connectivity index (χ1v) is 9.17. The van der Waals surface area contributed by atoms with Crippen LogP contribution in [0, 0.1) is 6.92 Å². The first-order valence-electron chi connectivity index (χ1n) is 7.77. The molecule has 0 aliphatic rings. The number of imidazole rings is 1. The fourth-order valence-electron chi connectivity index (χ4n) is 2.63. The molecule has 25 heavy (non-hydrogen) atoms. The van der Waals surface area contributed by atoms with Gasteiger partial charge in [0.25, 0.3) is 0 Å². The Hall–Kier alpha value is -2.03. The minimum atomic E-state index is -4.33. The van der Waals surface area contributed by atoms with E-state index in [4.69, 9.17) is 0 Å². The average molecular weight is 369 g/mol. The molecule has 3 aromatic rings. The van der Waals surface area contributed by atoms with Crippen LogP contribution in [0.15, 0.2) is 18.2 Å². The van der Waals surface area contributed by atoms with E-state index in [1.807, 2.05) is 31.4 Å². The first-order chi connectivity index (χ1) is 11.8. The van der Waals surface area contributed by atoms with Gasteiger partial charge in [-0.05, 0) is 30.9 Å². The van der Waals surface area contributed by atoms with Crippen molar-refractivity contribution in [3.8, 4) is 0 Å². The van der Waals surface area contributed by atoms with Crippen LogP contribution in [-0.4, -0.2) is 42.9 Å². The van der Waals surface area contributed by atoms with E-state index in [9.17, 15) is 13.2 Å². The van der Waals surface area contributed by atoms with Crippen LogP contribution in [0.4, 0.5) is 13.2 Å². The number of hydrogen-bond acceptors (Lipinski definition) is 4. The Morgan fingerprint density at radius 2 is 2.04 bits per heavy atom. The van der Waals surface area contributed by atoms with Gasteiger partial charge < -0.3 is 4.98 Å². The molecule has 3 rings (SSSR count). The van der Waals surface area contributed by atoms with Gasteiger partial charge in [0, 0.05) is 18.6 Å². The largest absolute Gasteiger partial charge is 0.408 e. The minimum absolute atomic E-state index is 0.288. The van der Waals surface area contributed by atoms with E-state index in [1.54, 1.807) is 11.8 Å². The molecule has 2 aromatic heterocycles. The van der Waals surface area contributed by atoms with Crippen molar-refractivity contribution in [3.05, 3.63) is 41.2 Å². The molecule has 0 saturated carbocycles. The Labute approximate surface area is 147 Å². The Balaban J connectivity index is 1.88. The van der Waals surface area contributed by atoms with Crippen molar-refractivity contribution in [2.24, 2.45) is 0 Å². The zero-order valence-corrected chi connectivity index (χ0v) is 14.7. The molecule has 0 aliphatic heterocycles. The van der Waals surface area contributed by atoms with E-state index in [1.165, 1.54) is 0 Å². The molecule has 0 atom stereocenters. The van der Waals surface area contributed by atoms with Crippen LogP contribution in [0.1, 0.15) is 23.0 Å². The number of aromatic amines is 1. The molecule has 9 heteroatoms. The van der Waals surface area contributed by atoms with Gasteiger partial charge in [0.15, 0.2) is 5.82 Å². The van der Waals surface area contributed by atoms with E-state index in [-0.39, 0.29) is 6.42 Å². The molecule has 2 heterocycles. The fraction of sp³-hybridized carbons (Fsp3) is 0.438. The van der Waals surface area contributed by atoms with Gasteiger partial charge in [0.1, 0.15) is 18.2 Å². The summed E-state index contributed by atoms with van der Waals surface area (Å²) in [6.07, 6.45) is -1.55. The van der Waals surface area contributed by atoms with Crippen LogP contribution >= 0.6 is 11.8 Å². The van der Waals surface area contributed by atoms with Crippen LogP contribution in [0.3, 0.4) is 0 Å². The Morgan fingerprint density at radius 1 is 1.24 bits per heavy atom. The van der Waals surface area contributed by atoms with Gasteiger partial charge >= 0.3 is 6.18 Å². The van der Waals surface area contributed by atoms with Crippen LogP contribution in [0.2, 0.25) is 0 Å². The maximum atomic E-state index is 12.8. The highest BCUT2D eigenvalue weighted by atomic mass is 32.2. The van der Waals surface area contributed by atoms with Gasteiger partial charge in [-0.1, -0.05) is 6.07 Å². The summed E-state index contributed by atoms with van der Waals surface area (Å²) in [6, 6.07) is 5.60. The van der Waals surface area contributed by atoms with Crippen LogP contribution < -0.4 is 0 Å². The molecule has 0 saturated heterocycles. The molecule has 0 unspecified atom stereocenters. The number of nitrogens with zero attached hydrogens (tertiary/aromatic N) is 4. The molecule has 1 N–H and O–H groups in total. The summed E-state index contributed by atoms with van der Waals surface area (Å²) in [6.45, 7) is 0.734. The molecule has 0 radical (unpaired) electrons. The molecule has 134 valence electrons. The van der Waals surface area contributed by atoms with Gasteiger partial charge in [-0.3, -0.25) is 0 Å². The molecular formula is C16H18F3N5S. The van der Waals surface area contributed by atoms with Gasteiger partial charge in [-0.15, -0.1) is 0 Å². The molecule has 5 nitrogen and oxygen atoms in total. The summed E-state index contributed by atoms with van der Waals surface area (Å²) >= 11 is 1.61. The highest BCUT2D eigenvalue weighted by Crippen LogP contribution is 2.20. The van der Waals surface area contributed by atoms with E-state index in [2.05, 4.69) is 20.1 Å². The molecule has 0 bridgehead atoms. The topological polar surface area (TPSA) is 59.4 Å². The fourth-order valence-corrected chi connectivity index (χ4v) is 3.02. The lowest BCUT2D eigenvalue weighted by molar-refractivity contribution is -0.143. The highest BCUT2D eigenvalue weighted by Gasteiger charge is 2.30. The normalized spacial score (nSPS) is 12.2. The second-order valence-electron chi connectivity index (χ2n) is 5.81. The highest BCUT2D eigenvalue weighted by molar-refractivity contribution is 7.98. The summed E-state index contributed by atoms with van der Waals surface area (Å²) in [7, 11) is 0. The number of alkyl halides is 3. The van der Waals surface area contributed by atoms with Crippen molar-refractivity contribution < 1.29 is 13.2 Å². The lowest BCUT2D eigenvalue weighted by atomic mass is 10.1. The van der Waals surface area contributed by atoms with Crippen LogP contribution in [0.25, 0.3) is 11.0 Å².